The third-order valence-corrected chi connectivity index (χ3v) is 4.64. The molecule has 1 amide bonds. The van der Waals surface area contributed by atoms with Crippen molar-refractivity contribution in [3.05, 3.63) is 41.3 Å². The monoisotopic (exact) mass is 314 g/mol. The van der Waals surface area contributed by atoms with Crippen LogP contribution in [0.2, 0.25) is 0 Å². The second-order valence-corrected chi connectivity index (χ2v) is 6.16. The maximum Gasteiger partial charge on any atom is 0.312 e. The van der Waals surface area contributed by atoms with Crippen LogP contribution in [0.15, 0.2) is 28.7 Å². The Morgan fingerprint density at radius 2 is 2.00 bits per heavy atom. The molecule has 1 aliphatic heterocycles. The average molecular weight is 314 g/mol. The number of rotatable bonds is 3. The number of piperidine rings is 1. The van der Waals surface area contributed by atoms with Gasteiger partial charge in [0.15, 0.2) is 0 Å². The molecule has 1 saturated heterocycles. The largest absolute Gasteiger partial charge is 0.408 e. The van der Waals surface area contributed by atoms with Gasteiger partial charge in [0.2, 0.25) is 11.8 Å². The molecule has 0 bridgehead atoms. The second kappa shape index (κ2) is 6.40. The van der Waals surface area contributed by atoms with Gasteiger partial charge in [0.1, 0.15) is 0 Å². The van der Waals surface area contributed by atoms with E-state index in [0.717, 1.165) is 24.0 Å². The molecular weight excluding hydrogens is 292 g/mol. The van der Waals surface area contributed by atoms with E-state index >= 15 is 0 Å². The van der Waals surface area contributed by atoms with Crippen LogP contribution in [0.3, 0.4) is 0 Å². The lowest BCUT2D eigenvalue weighted by Crippen LogP contribution is -2.40. The zero-order valence-corrected chi connectivity index (χ0v) is 13.5. The maximum absolute atomic E-state index is 12.8. The van der Waals surface area contributed by atoms with Crippen LogP contribution in [0, 0.1) is 6.92 Å². The fourth-order valence-electron chi connectivity index (χ4n) is 3.24. The van der Waals surface area contributed by atoms with E-state index in [2.05, 4.69) is 10.2 Å². The SMILES string of the molecule is Cc1ccccc1C(C)C(=O)N1CCC(c2nnc(N)o2)CC1. The van der Waals surface area contributed by atoms with Crippen LogP contribution in [0.1, 0.15) is 48.6 Å². The van der Waals surface area contributed by atoms with Crippen LogP contribution in [-0.4, -0.2) is 34.1 Å². The molecule has 0 aliphatic carbocycles. The van der Waals surface area contributed by atoms with Crippen LogP contribution in [-0.2, 0) is 4.79 Å². The Morgan fingerprint density at radius 1 is 1.30 bits per heavy atom. The van der Waals surface area contributed by atoms with E-state index in [4.69, 9.17) is 10.2 Å². The van der Waals surface area contributed by atoms with Gasteiger partial charge in [-0.25, -0.2) is 0 Å². The lowest BCUT2D eigenvalue weighted by atomic mass is 9.92. The van der Waals surface area contributed by atoms with E-state index in [1.54, 1.807) is 0 Å². The van der Waals surface area contributed by atoms with Crippen molar-refractivity contribution in [2.24, 2.45) is 0 Å². The van der Waals surface area contributed by atoms with Gasteiger partial charge in [-0.2, -0.15) is 0 Å². The Balaban J connectivity index is 1.63. The van der Waals surface area contributed by atoms with Crippen molar-refractivity contribution < 1.29 is 9.21 Å². The molecule has 2 aromatic rings. The molecule has 3 rings (SSSR count). The average Bonchev–Trinajstić information content (AvgIpc) is 3.01. The molecule has 0 spiro atoms. The summed E-state index contributed by atoms with van der Waals surface area (Å²) in [4.78, 5) is 14.7. The number of nitrogens with two attached hydrogens (primary N) is 1. The summed E-state index contributed by atoms with van der Waals surface area (Å²) in [7, 11) is 0. The molecule has 122 valence electrons. The number of nitrogen functional groups attached to an aromatic ring is 1. The number of aromatic nitrogens is 2. The number of benzene rings is 1. The van der Waals surface area contributed by atoms with Crippen LogP contribution >= 0.6 is 0 Å². The van der Waals surface area contributed by atoms with Gasteiger partial charge in [0.05, 0.1) is 5.92 Å². The van der Waals surface area contributed by atoms with Gasteiger partial charge in [0, 0.05) is 19.0 Å². The Hall–Kier alpha value is -2.37. The Kier molecular flexibility index (Phi) is 4.32. The lowest BCUT2D eigenvalue weighted by molar-refractivity contribution is -0.133. The minimum Gasteiger partial charge on any atom is -0.408 e. The van der Waals surface area contributed by atoms with Crippen molar-refractivity contribution >= 4 is 11.9 Å². The summed E-state index contributed by atoms with van der Waals surface area (Å²) in [6, 6.07) is 8.17. The van der Waals surface area contributed by atoms with E-state index in [9.17, 15) is 4.79 Å². The quantitative estimate of drug-likeness (QED) is 0.940. The predicted octanol–water partition coefficient (Wildman–Crippen LogP) is 2.47. The second-order valence-electron chi connectivity index (χ2n) is 6.16. The van der Waals surface area contributed by atoms with Crippen LogP contribution in [0.25, 0.3) is 0 Å². The van der Waals surface area contributed by atoms with Crippen LogP contribution < -0.4 is 5.73 Å². The molecular formula is C17H22N4O2. The molecule has 2 heterocycles. The fourth-order valence-corrected chi connectivity index (χ4v) is 3.24. The van der Waals surface area contributed by atoms with E-state index in [1.807, 2.05) is 43.0 Å². The van der Waals surface area contributed by atoms with Gasteiger partial charge >= 0.3 is 6.01 Å². The standard InChI is InChI=1S/C17H22N4O2/c1-11-5-3-4-6-14(11)12(2)16(22)21-9-7-13(8-10-21)15-19-20-17(18)23-15/h3-6,12-13H,7-10H2,1-2H3,(H2,18,20). The van der Waals surface area contributed by atoms with Gasteiger partial charge in [-0.05, 0) is 37.8 Å². The lowest BCUT2D eigenvalue weighted by Gasteiger charge is -2.32. The van der Waals surface area contributed by atoms with Gasteiger partial charge < -0.3 is 15.1 Å². The van der Waals surface area contributed by atoms with Crippen LogP contribution in [0.5, 0.6) is 0 Å². The Morgan fingerprint density at radius 3 is 2.61 bits per heavy atom. The van der Waals surface area contributed by atoms with Crippen molar-refractivity contribution in [1.82, 2.24) is 15.1 Å². The third kappa shape index (κ3) is 3.21. The number of anilines is 1. The molecule has 6 nitrogen and oxygen atoms in total. The van der Waals surface area contributed by atoms with E-state index < -0.39 is 0 Å². The number of aryl methyl sites for hydroxylation is 1. The molecule has 0 saturated carbocycles. The summed E-state index contributed by atoms with van der Waals surface area (Å²) in [5, 5.41) is 7.66. The summed E-state index contributed by atoms with van der Waals surface area (Å²) < 4.78 is 5.30. The fraction of sp³-hybridized carbons (Fsp3) is 0.471. The summed E-state index contributed by atoms with van der Waals surface area (Å²) in [6.45, 7) is 5.45. The minimum atomic E-state index is -0.119. The number of carbonyl (C=O) groups excluding carboxylic acids is 1. The molecule has 1 unspecified atom stereocenters. The van der Waals surface area contributed by atoms with Gasteiger partial charge in [-0.3, -0.25) is 4.79 Å². The smallest absolute Gasteiger partial charge is 0.312 e. The topological polar surface area (TPSA) is 85.2 Å². The van der Waals surface area contributed by atoms with Crippen LogP contribution in [0.4, 0.5) is 6.01 Å². The molecule has 1 fully saturated rings. The number of hydrogen-bond donors (Lipinski definition) is 1. The number of likely N-dealkylation sites (tertiary alicyclic amines) is 1. The Bertz CT molecular complexity index is 689. The summed E-state index contributed by atoms with van der Waals surface area (Å²) in [5.74, 6) is 0.841. The van der Waals surface area contributed by atoms with Gasteiger partial charge in [0.25, 0.3) is 0 Å². The predicted molar refractivity (Wildman–Crippen MR) is 86.9 cm³/mol. The molecule has 0 radical (unpaired) electrons. The maximum atomic E-state index is 12.8. The minimum absolute atomic E-state index is 0.103. The molecule has 2 N–H and O–H groups in total. The van der Waals surface area contributed by atoms with Crippen molar-refractivity contribution in [3.63, 3.8) is 0 Å². The highest BCUT2D eigenvalue weighted by Crippen LogP contribution is 2.29. The third-order valence-electron chi connectivity index (χ3n) is 4.64. The number of amides is 1. The van der Waals surface area contributed by atoms with Gasteiger partial charge in [-0.1, -0.05) is 29.4 Å². The van der Waals surface area contributed by atoms with E-state index in [-0.39, 0.29) is 23.8 Å². The van der Waals surface area contributed by atoms with Crippen molar-refractivity contribution in [3.8, 4) is 0 Å². The first-order chi connectivity index (χ1) is 11.1. The first kappa shape index (κ1) is 15.5. The Labute approximate surface area is 135 Å². The molecule has 6 heteroatoms. The van der Waals surface area contributed by atoms with Crippen molar-refractivity contribution in [1.29, 1.82) is 0 Å². The molecule has 1 aromatic heterocycles. The molecule has 1 atom stereocenters. The highest BCUT2D eigenvalue weighted by Gasteiger charge is 2.29. The van der Waals surface area contributed by atoms with E-state index in [0.29, 0.717) is 19.0 Å². The number of hydrogen-bond acceptors (Lipinski definition) is 5. The summed E-state index contributed by atoms with van der Waals surface area (Å²) >= 11 is 0. The van der Waals surface area contributed by atoms with Crippen molar-refractivity contribution in [2.45, 2.75) is 38.5 Å². The highest BCUT2D eigenvalue weighted by atomic mass is 16.4. The molecule has 23 heavy (non-hydrogen) atoms. The van der Waals surface area contributed by atoms with Gasteiger partial charge in [-0.15, -0.1) is 5.10 Å². The number of carbonyl (C=O) groups is 1. The highest BCUT2D eigenvalue weighted by molar-refractivity contribution is 5.83. The first-order valence-electron chi connectivity index (χ1n) is 7.99. The van der Waals surface area contributed by atoms with E-state index in [1.165, 1.54) is 0 Å². The van der Waals surface area contributed by atoms with Crippen molar-refractivity contribution in [2.75, 3.05) is 18.8 Å². The normalized spacial score (nSPS) is 17.2. The summed E-state index contributed by atoms with van der Waals surface area (Å²) in [5.41, 5.74) is 7.73. The summed E-state index contributed by atoms with van der Waals surface area (Å²) in [6.07, 6.45) is 1.65. The zero-order chi connectivity index (χ0) is 16.4. The zero-order valence-electron chi connectivity index (χ0n) is 13.5. The molecule has 1 aromatic carbocycles. The number of nitrogens with zero attached hydrogens (tertiary/aromatic N) is 3. The first-order valence-corrected chi connectivity index (χ1v) is 7.99. The molecule has 1 aliphatic rings.